The lowest BCUT2D eigenvalue weighted by atomic mass is 9.82. The van der Waals surface area contributed by atoms with Gasteiger partial charge in [0.25, 0.3) is 0 Å². The first kappa shape index (κ1) is 16.3. The van der Waals surface area contributed by atoms with E-state index in [1.54, 1.807) is 0 Å². The number of hydrogen-bond donors (Lipinski definition) is 4. The highest BCUT2D eigenvalue weighted by molar-refractivity contribution is 5.85. The SMILES string of the molecule is O=C(O)[C@]1(O)C=C(c2cn(Cc3ccccc3)nn2)[C@@H](O)[C@H](O)C1. The molecule has 0 spiro atoms. The fourth-order valence-electron chi connectivity index (χ4n) is 2.69. The van der Waals surface area contributed by atoms with Gasteiger partial charge in [0, 0.05) is 12.0 Å². The number of benzene rings is 1. The van der Waals surface area contributed by atoms with Gasteiger partial charge < -0.3 is 20.4 Å². The fraction of sp³-hybridized carbons (Fsp3) is 0.312. The molecule has 0 bridgehead atoms. The third-order valence-electron chi connectivity index (χ3n) is 3.99. The van der Waals surface area contributed by atoms with Gasteiger partial charge >= 0.3 is 5.97 Å². The Hall–Kier alpha value is -2.55. The van der Waals surface area contributed by atoms with Gasteiger partial charge in [-0.15, -0.1) is 5.10 Å². The zero-order valence-corrected chi connectivity index (χ0v) is 12.6. The molecule has 0 unspecified atom stereocenters. The molecule has 3 rings (SSSR count). The highest BCUT2D eigenvalue weighted by Crippen LogP contribution is 2.32. The summed E-state index contributed by atoms with van der Waals surface area (Å²) in [6.07, 6.45) is -0.700. The minimum Gasteiger partial charge on any atom is -0.479 e. The first-order chi connectivity index (χ1) is 11.4. The zero-order chi connectivity index (χ0) is 17.3. The van der Waals surface area contributed by atoms with E-state index in [1.807, 2.05) is 30.3 Å². The largest absolute Gasteiger partial charge is 0.479 e. The van der Waals surface area contributed by atoms with Gasteiger partial charge in [-0.2, -0.15) is 0 Å². The first-order valence-corrected chi connectivity index (χ1v) is 7.38. The third kappa shape index (κ3) is 3.07. The van der Waals surface area contributed by atoms with Crippen LogP contribution in [0.2, 0.25) is 0 Å². The summed E-state index contributed by atoms with van der Waals surface area (Å²) in [5, 5.41) is 47.1. The molecule has 1 heterocycles. The van der Waals surface area contributed by atoms with Gasteiger partial charge in [-0.25, -0.2) is 9.48 Å². The van der Waals surface area contributed by atoms with Gasteiger partial charge in [0.05, 0.1) is 18.8 Å². The lowest BCUT2D eigenvalue weighted by Gasteiger charge is -2.32. The molecule has 4 N–H and O–H groups in total. The Morgan fingerprint density at radius 3 is 2.67 bits per heavy atom. The Balaban J connectivity index is 1.90. The van der Waals surface area contributed by atoms with Gasteiger partial charge in [-0.1, -0.05) is 35.5 Å². The molecule has 24 heavy (non-hydrogen) atoms. The maximum atomic E-state index is 11.2. The second-order valence-electron chi connectivity index (χ2n) is 5.83. The monoisotopic (exact) mass is 331 g/mol. The highest BCUT2D eigenvalue weighted by Gasteiger charge is 2.44. The van der Waals surface area contributed by atoms with Crippen molar-refractivity contribution in [3.05, 3.63) is 53.9 Å². The van der Waals surface area contributed by atoms with Crippen LogP contribution in [0.3, 0.4) is 0 Å². The summed E-state index contributed by atoms with van der Waals surface area (Å²) in [4.78, 5) is 11.2. The molecule has 0 amide bonds. The quantitative estimate of drug-likeness (QED) is 0.603. The van der Waals surface area contributed by atoms with Crippen LogP contribution in [0.1, 0.15) is 17.7 Å². The van der Waals surface area contributed by atoms with Crippen LogP contribution in [-0.4, -0.2) is 59.2 Å². The fourth-order valence-corrected chi connectivity index (χ4v) is 2.69. The Morgan fingerprint density at radius 1 is 1.29 bits per heavy atom. The molecule has 1 aliphatic carbocycles. The number of aliphatic carboxylic acids is 1. The van der Waals surface area contributed by atoms with E-state index in [0.29, 0.717) is 6.54 Å². The minimum absolute atomic E-state index is 0.0398. The van der Waals surface area contributed by atoms with Crippen LogP contribution in [-0.2, 0) is 11.3 Å². The first-order valence-electron chi connectivity index (χ1n) is 7.38. The highest BCUT2D eigenvalue weighted by atomic mass is 16.4. The van der Waals surface area contributed by atoms with Gasteiger partial charge in [-0.3, -0.25) is 0 Å². The molecule has 3 atom stereocenters. The van der Waals surface area contributed by atoms with E-state index in [9.17, 15) is 20.1 Å². The topological polar surface area (TPSA) is 129 Å². The molecule has 0 saturated carbocycles. The van der Waals surface area contributed by atoms with E-state index in [1.165, 1.54) is 10.9 Å². The van der Waals surface area contributed by atoms with Crippen molar-refractivity contribution in [2.24, 2.45) is 0 Å². The summed E-state index contributed by atoms with van der Waals surface area (Å²) in [7, 11) is 0. The zero-order valence-electron chi connectivity index (χ0n) is 12.6. The molecule has 0 radical (unpaired) electrons. The van der Waals surface area contributed by atoms with Crippen LogP contribution in [0.15, 0.2) is 42.6 Å². The molecule has 8 nitrogen and oxygen atoms in total. The van der Waals surface area contributed by atoms with Crippen molar-refractivity contribution in [2.45, 2.75) is 30.8 Å². The van der Waals surface area contributed by atoms with Crippen molar-refractivity contribution in [2.75, 3.05) is 0 Å². The number of aromatic nitrogens is 3. The van der Waals surface area contributed by atoms with E-state index >= 15 is 0 Å². The van der Waals surface area contributed by atoms with Crippen molar-refractivity contribution in [1.82, 2.24) is 15.0 Å². The van der Waals surface area contributed by atoms with Crippen molar-refractivity contribution < 1.29 is 25.2 Å². The molecule has 1 aromatic heterocycles. The lowest BCUT2D eigenvalue weighted by Crippen LogP contribution is -2.47. The summed E-state index contributed by atoms with van der Waals surface area (Å²) < 4.78 is 1.53. The lowest BCUT2D eigenvalue weighted by molar-refractivity contribution is -0.157. The molecule has 1 aromatic carbocycles. The summed E-state index contributed by atoms with van der Waals surface area (Å²) >= 11 is 0. The van der Waals surface area contributed by atoms with E-state index < -0.39 is 30.2 Å². The molecule has 1 aliphatic rings. The Labute approximate surface area is 137 Å². The predicted octanol–water partition coefficient (Wildman–Crippen LogP) is -0.349. The number of nitrogens with zero attached hydrogens (tertiary/aromatic N) is 3. The van der Waals surface area contributed by atoms with Crippen LogP contribution < -0.4 is 0 Å². The molecular formula is C16H17N3O5. The number of aliphatic hydroxyl groups excluding tert-OH is 2. The van der Waals surface area contributed by atoms with Gasteiger partial charge in [0.15, 0.2) is 5.60 Å². The third-order valence-corrected chi connectivity index (χ3v) is 3.99. The average Bonchev–Trinajstić information content (AvgIpc) is 3.00. The second kappa shape index (κ2) is 6.16. The van der Waals surface area contributed by atoms with Crippen molar-refractivity contribution in [3.63, 3.8) is 0 Å². The minimum atomic E-state index is -2.25. The number of carbonyl (C=O) groups is 1. The van der Waals surface area contributed by atoms with Crippen molar-refractivity contribution >= 4 is 11.5 Å². The number of aliphatic hydroxyl groups is 3. The Morgan fingerprint density at radius 2 is 2.00 bits per heavy atom. The molecular weight excluding hydrogens is 314 g/mol. The number of carboxylic acid groups (broad SMARTS) is 1. The Kier molecular flexibility index (Phi) is 4.18. The standard InChI is InChI=1S/C16H17N3O5/c20-13-7-16(24,15(22)23)6-11(14(13)21)12-9-19(18-17-12)8-10-4-2-1-3-5-10/h1-6,9,13-14,20-21,24H,7-8H2,(H,22,23)/t13-,14-,16+/m1/s1. The van der Waals surface area contributed by atoms with Crippen molar-refractivity contribution in [3.8, 4) is 0 Å². The van der Waals surface area contributed by atoms with E-state index in [4.69, 9.17) is 5.11 Å². The van der Waals surface area contributed by atoms with Gasteiger partial charge in [0.1, 0.15) is 11.8 Å². The van der Waals surface area contributed by atoms with Crippen LogP contribution in [0.25, 0.3) is 5.57 Å². The number of hydrogen-bond acceptors (Lipinski definition) is 6. The van der Waals surface area contributed by atoms with Gasteiger partial charge in [0.2, 0.25) is 0 Å². The van der Waals surface area contributed by atoms with Crippen molar-refractivity contribution in [1.29, 1.82) is 0 Å². The van der Waals surface area contributed by atoms with Crippen LogP contribution in [0.4, 0.5) is 0 Å². The average molecular weight is 331 g/mol. The van der Waals surface area contributed by atoms with Crippen LogP contribution in [0, 0.1) is 0 Å². The number of carboxylic acids is 1. The molecule has 0 aliphatic heterocycles. The summed E-state index contributed by atoms with van der Waals surface area (Å²) in [5.74, 6) is -1.50. The molecule has 126 valence electrons. The molecule has 2 aromatic rings. The van der Waals surface area contributed by atoms with E-state index in [2.05, 4.69) is 10.3 Å². The summed E-state index contributed by atoms with van der Waals surface area (Å²) in [5.41, 5.74) is -1.01. The van der Waals surface area contributed by atoms with Crippen LogP contribution >= 0.6 is 0 Å². The van der Waals surface area contributed by atoms with Crippen LogP contribution in [0.5, 0.6) is 0 Å². The second-order valence-corrected chi connectivity index (χ2v) is 5.83. The summed E-state index contributed by atoms with van der Waals surface area (Å²) in [6.45, 7) is 0.447. The molecule has 0 saturated heterocycles. The maximum Gasteiger partial charge on any atom is 0.339 e. The van der Waals surface area contributed by atoms with E-state index in [0.717, 1.165) is 11.6 Å². The Bertz CT molecular complexity index is 773. The maximum absolute atomic E-state index is 11.2. The summed E-state index contributed by atoms with van der Waals surface area (Å²) in [6, 6.07) is 9.52. The smallest absolute Gasteiger partial charge is 0.339 e. The number of rotatable bonds is 4. The molecule has 0 fully saturated rings. The predicted molar refractivity (Wildman–Crippen MR) is 82.8 cm³/mol. The van der Waals surface area contributed by atoms with E-state index in [-0.39, 0.29) is 11.3 Å². The molecule has 8 heteroatoms. The normalized spacial score (nSPS) is 26.9. The van der Waals surface area contributed by atoms with Gasteiger partial charge in [-0.05, 0) is 11.6 Å².